The number of nitrogens with one attached hydrogen (secondary N) is 1. The quantitative estimate of drug-likeness (QED) is 0.866. The Bertz CT molecular complexity index is 546. The van der Waals surface area contributed by atoms with Crippen LogP contribution in [0.4, 0.5) is 5.69 Å². The number of hydrogen-bond acceptors (Lipinski definition) is 4. The molecule has 5 nitrogen and oxygen atoms in total. The number of rotatable bonds is 5. The fraction of sp³-hybridized carbons (Fsp3) is 0.571. The Balaban J connectivity index is 2.04. The second-order valence-electron chi connectivity index (χ2n) is 5.75. The van der Waals surface area contributed by atoms with Gasteiger partial charge in [-0.3, -0.25) is 0 Å². The molecule has 1 aliphatic carbocycles. The van der Waals surface area contributed by atoms with E-state index in [0.29, 0.717) is 0 Å². The van der Waals surface area contributed by atoms with Crippen molar-refractivity contribution in [2.45, 2.75) is 36.1 Å². The summed E-state index contributed by atoms with van der Waals surface area (Å²) >= 11 is 0. The maximum atomic E-state index is 11.2. The van der Waals surface area contributed by atoms with Crippen molar-refractivity contribution in [3.05, 3.63) is 24.3 Å². The molecule has 0 amide bonds. The molecule has 3 N–H and O–H groups in total. The minimum atomic E-state index is -3.61. The van der Waals surface area contributed by atoms with E-state index in [2.05, 4.69) is 24.3 Å². The number of hydrogen-bond donors (Lipinski definition) is 2. The van der Waals surface area contributed by atoms with E-state index in [1.807, 2.05) is 0 Å². The molecule has 0 heterocycles. The fourth-order valence-corrected chi connectivity index (χ4v) is 3.36. The molecule has 0 spiro atoms. The Labute approximate surface area is 121 Å². The van der Waals surface area contributed by atoms with Crippen molar-refractivity contribution >= 4 is 15.7 Å². The SMILES string of the molecule is CN(C)C1(CNc2ccc(S(N)(=O)=O)cc2)CCCC1. The third kappa shape index (κ3) is 3.31. The summed E-state index contributed by atoms with van der Waals surface area (Å²) in [6.07, 6.45) is 4.93. The molecule has 1 saturated carbocycles. The van der Waals surface area contributed by atoms with E-state index in [9.17, 15) is 8.42 Å². The minimum absolute atomic E-state index is 0.145. The summed E-state index contributed by atoms with van der Waals surface area (Å²) in [6.45, 7) is 0.870. The van der Waals surface area contributed by atoms with Gasteiger partial charge in [-0.2, -0.15) is 0 Å². The lowest BCUT2D eigenvalue weighted by Crippen LogP contribution is -2.47. The maximum Gasteiger partial charge on any atom is 0.238 e. The van der Waals surface area contributed by atoms with Gasteiger partial charge in [0.25, 0.3) is 0 Å². The molecule has 112 valence electrons. The zero-order valence-electron chi connectivity index (χ0n) is 12.1. The molecule has 0 aliphatic heterocycles. The average Bonchev–Trinajstić information content (AvgIpc) is 2.86. The molecule has 0 saturated heterocycles. The van der Waals surface area contributed by atoms with Gasteiger partial charge in [-0.25, -0.2) is 13.6 Å². The molecule has 0 bridgehead atoms. The van der Waals surface area contributed by atoms with Crippen LogP contribution in [0.15, 0.2) is 29.2 Å². The van der Waals surface area contributed by atoms with Crippen LogP contribution in [0.1, 0.15) is 25.7 Å². The van der Waals surface area contributed by atoms with Gasteiger partial charge in [0, 0.05) is 17.8 Å². The monoisotopic (exact) mass is 297 g/mol. The van der Waals surface area contributed by atoms with Crippen LogP contribution < -0.4 is 10.5 Å². The summed E-state index contributed by atoms with van der Waals surface area (Å²) in [6, 6.07) is 6.60. The normalized spacial score (nSPS) is 18.4. The first-order chi connectivity index (χ1) is 9.33. The summed E-state index contributed by atoms with van der Waals surface area (Å²) in [4.78, 5) is 2.44. The second-order valence-corrected chi connectivity index (χ2v) is 7.31. The number of nitrogens with two attached hydrogens (primary N) is 1. The summed E-state index contributed by atoms with van der Waals surface area (Å²) in [5, 5.41) is 8.50. The smallest absolute Gasteiger partial charge is 0.238 e. The highest BCUT2D eigenvalue weighted by molar-refractivity contribution is 7.89. The predicted octanol–water partition coefficient (Wildman–Crippen LogP) is 1.62. The third-order valence-corrected chi connectivity index (χ3v) is 5.22. The second kappa shape index (κ2) is 5.71. The van der Waals surface area contributed by atoms with E-state index in [0.717, 1.165) is 12.2 Å². The summed E-state index contributed by atoms with van der Waals surface area (Å²) < 4.78 is 22.4. The van der Waals surface area contributed by atoms with Crippen LogP contribution in [0.2, 0.25) is 0 Å². The first-order valence-corrected chi connectivity index (χ1v) is 8.42. The third-order valence-electron chi connectivity index (χ3n) is 4.29. The molecule has 1 aromatic rings. The van der Waals surface area contributed by atoms with E-state index < -0.39 is 10.0 Å². The Kier molecular flexibility index (Phi) is 4.36. The zero-order chi connectivity index (χ0) is 14.8. The summed E-state index contributed by atoms with van der Waals surface area (Å²) in [5.74, 6) is 0. The van der Waals surface area contributed by atoms with Crippen molar-refractivity contribution in [2.75, 3.05) is 26.0 Å². The molecule has 1 fully saturated rings. The lowest BCUT2D eigenvalue weighted by molar-refractivity contribution is 0.172. The molecule has 0 unspecified atom stereocenters. The van der Waals surface area contributed by atoms with E-state index in [-0.39, 0.29) is 10.4 Å². The van der Waals surface area contributed by atoms with Gasteiger partial charge < -0.3 is 10.2 Å². The topological polar surface area (TPSA) is 75.4 Å². The molecule has 6 heteroatoms. The molecular formula is C14H23N3O2S. The van der Waals surface area contributed by atoms with Gasteiger partial charge >= 0.3 is 0 Å². The average molecular weight is 297 g/mol. The van der Waals surface area contributed by atoms with Crippen molar-refractivity contribution in [3.63, 3.8) is 0 Å². The lowest BCUT2D eigenvalue weighted by atomic mass is 9.96. The number of anilines is 1. The number of sulfonamides is 1. The minimum Gasteiger partial charge on any atom is -0.383 e. The van der Waals surface area contributed by atoms with E-state index >= 15 is 0 Å². The molecule has 0 radical (unpaired) electrons. The molecule has 0 atom stereocenters. The highest BCUT2D eigenvalue weighted by Crippen LogP contribution is 2.33. The van der Waals surface area contributed by atoms with Crippen LogP contribution in [0.25, 0.3) is 0 Å². The van der Waals surface area contributed by atoms with Crippen molar-refractivity contribution in [1.29, 1.82) is 0 Å². The van der Waals surface area contributed by atoms with Crippen LogP contribution in [-0.4, -0.2) is 39.5 Å². The van der Waals surface area contributed by atoms with Gasteiger partial charge in [0.2, 0.25) is 10.0 Å². The van der Waals surface area contributed by atoms with Crippen LogP contribution in [0.5, 0.6) is 0 Å². The van der Waals surface area contributed by atoms with Crippen molar-refractivity contribution < 1.29 is 8.42 Å². The summed E-state index contributed by atoms with van der Waals surface area (Å²) in [5.41, 5.74) is 1.13. The largest absolute Gasteiger partial charge is 0.383 e. The predicted molar refractivity (Wildman–Crippen MR) is 81.2 cm³/mol. The number of nitrogens with zero attached hydrogens (tertiary/aromatic N) is 1. The molecule has 1 aromatic carbocycles. The Morgan fingerprint density at radius 1 is 1.20 bits per heavy atom. The van der Waals surface area contributed by atoms with Gasteiger partial charge in [0.1, 0.15) is 0 Å². The first kappa shape index (κ1) is 15.3. The van der Waals surface area contributed by atoms with E-state index in [4.69, 9.17) is 5.14 Å². The summed E-state index contributed by atoms with van der Waals surface area (Å²) in [7, 11) is 0.633. The lowest BCUT2D eigenvalue weighted by Gasteiger charge is -2.36. The van der Waals surface area contributed by atoms with Crippen molar-refractivity contribution in [3.8, 4) is 0 Å². The first-order valence-electron chi connectivity index (χ1n) is 6.88. The van der Waals surface area contributed by atoms with Crippen LogP contribution in [0, 0.1) is 0 Å². The van der Waals surface area contributed by atoms with Crippen LogP contribution >= 0.6 is 0 Å². The van der Waals surface area contributed by atoms with E-state index in [1.165, 1.54) is 37.8 Å². The standard InChI is InChI=1S/C14H23N3O2S/c1-17(2)14(9-3-4-10-14)11-16-12-5-7-13(8-6-12)20(15,18)19/h5-8,16H,3-4,9-11H2,1-2H3,(H2,15,18,19). The Morgan fingerprint density at radius 2 is 1.75 bits per heavy atom. The van der Waals surface area contributed by atoms with Gasteiger partial charge in [-0.1, -0.05) is 12.8 Å². The van der Waals surface area contributed by atoms with E-state index in [1.54, 1.807) is 12.1 Å². The van der Waals surface area contributed by atoms with Gasteiger partial charge in [0.05, 0.1) is 4.90 Å². The molecule has 20 heavy (non-hydrogen) atoms. The van der Waals surface area contributed by atoms with Gasteiger partial charge in [-0.15, -0.1) is 0 Å². The zero-order valence-corrected chi connectivity index (χ0v) is 12.9. The maximum absolute atomic E-state index is 11.2. The molecular weight excluding hydrogens is 274 g/mol. The Morgan fingerprint density at radius 3 is 2.20 bits per heavy atom. The Hall–Kier alpha value is -1.11. The van der Waals surface area contributed by atoms with Crippen molar-refractivity contribution in [1.82, 2.24) is 4.90 Å². The van der Waals surface area contributed by atoms with Gasteiger partial charge in [0.15, 0.2) is 0 Å². The highest BCUT2D eigenvalue weighted by atomic mass is 32.2. The van der Waals surface area contributed by atoms with Crippen molar-refractivity contribution in [2.24, 2.45) is 5.14 Å². The molecule has 2 rings (SSSR count). The fourth-order valence-electron chi connectivity index (χ4n) is 2.84. The van der Waals surface area contributed by atoms with Crippen LogP contribution in [0.3, 0.4) is 0 Å². The molecule has 1 aliphatic rings. The molecule has 0 aromatic heterocycles. The van der Waals surface area contributed by atoms with Crippen LogP contribution in [-0.2, 0) is 10.0 Å². The number of likely N-dealkylation sites (N-methyl/N-ethyl adjacent to an activating group) is 1. The number of benzene rings is 1. The number of primary sulfonamides is 1. The highest BCUT2D eigenvalue weighted by Gasteiger charge is 2.35. The van der Waals surface area contributed by atoms with Gasteiger partial charge in [-0.05, 0) is 51.2 Å².